The van der Waals surface area contributed by atoms with Gasteiger partial charge in [0.2, 0.25) is 0 Å². The first-order valence-corrected chi connectivity index (χ1v) is 14.0. The van der Waals surface area contributed by atoms with Crippen molar-refractivity contribution in [1.82, 2.24) is 0 Å². The zero-order valence-corrected chi connectivity index (χ0v) is 21.3. The Balaban J connectivity index is 1.14. The first kappa shape index (κ1) is 25.8. The van der Waals surface area contributed by atoms with Crippen LogP contribution in [0.25, 0.3) is 0 Å². The van der Waals surface area contributed by atoms with Crippen LogP contribution in [0, 0.1) is 35.1 Å². The Morgan fingerprint density at radius 1 is 0.639 bits per heavy atom. The van der Waals surface area contributed by atoms with E-state index in [1.165, 1.54) is 12.8 Å². The predicted molar refractivity (Wildman–Crippen MR) is 134 cm³/mol. The molecular formula is C31H38F4O. The van der Waals surface area contributed by atoms with Gasteiger partial charge < -0.3 is 4.74 Å². The second-order valence-corrected chi connectivity index (χ2v) is 11.4. The van der Waals surface area contributed by atoms with E-state index in [9.17, 15) is 17.6 Å². The minimum absolute atomic E-state index is 0.00537. The molecular weight excluding hydrogens is 464 g/mol. The molecule has 196 valence electrons. The molecule has 0 bridgehead atoms. The van der Waals surface area contributed by atoms with Crippen molar-refractivity contribution in [3.63, 3.8) is 0 Å². The van der Waals surface area contributed by atoms with E-state index in [-0.39, 0.29) is 17.9 Å². The van der Waals surface area contributed by atoms with Gasteiger partial charge in [-0.05, 0) is 105 Å². The van der Waals surface area contributed by atoms with Crippen LogP contribution in [0.3, 0.4) is 0 Å². The Labute approximate surface area is 212 Å². The highest BCUT2D eigenvalue weighted by Gasteiger charge is 2.32. The monoisotopic (exact) mass is 502 g/mol. The third-order valence-electron chi connectivity index (χ3n) is 9.11. The Morgan fingerprint density at radius 3 is 1.67 bits per heavy atom. The summed E-state index contributed by atoms with van der Waals surface area (Å²) in [6, 6.07) is 7.00. The van der Waals surface area contributed by atoms with Crippen LogP contribution >= 0.6 is 0 Å². The van der Waals surface area contributed by atoms with Gasteiger partial charge in [0.05, 0.1) is 6.61 Å². The van der Waals surface area contributed by atoms with Crippen LogP contribution in [0.2, 0.25) is 0 Å². The zero-order valence-electron chi connectivity index (χ0n) is 21.3. The summed E-state index contributed by atoms with van der Waals surface area (Å²) in [4.78, 5) is 0. The molecule has 3 fully saturated rings. The third-order valence-corrected chi connectivity index (χ3v) is 9.11. The highest BCUT2D eigenvalue weighted by atomic mass is 19.2. The summed E-state index contributed by atoms with van der Waals surface area (Å²) in [5, 5.41) is 0. The van der Waals surface area contributed by atoms with Gasteiger partial charge in [0, 0.05) is 5.56 Å². The van der Waals surface area contributed by atoms with Crippen LogP contribution < -0.4 is 0 Å². The maximum absolute atomic E-state index is 15.0. The molecule has 2 aromatic carbocycles. The zero-order chi connectivity index (χ0) is 25.2. The van der Waals surface area contributed by atoms with E-state index in [0.717, 1.165) is 63.7 Å². The Bertz CT molecular complexity index is 1050. The van der Waals surface area contributed by atoms with Crippen LogP contribution in [0.15, 0.2) is 24.3 Å². The summed E-state index contributed by atoms with van der Waals surface area (Å²) in [5.74, 6) is -1.55. The van der Waals surface area contributed by atoms with Crippen molar-refractivity contribution in [2.45, 2.75) is 102 Å². The molecule has 2 aliphatic carbocycles. The van der Waals surface area contributed by atoms with Gasteiger partial charge in [-0.2, -0.15) is 0 Å². The molecule has 1 unspecified atom stereocenters. The number of epoxide rings is 1. The minimum atomic E-state index is -0.771. The number of halogens is 4. The lowest BCUT2D eigenvalue weighted by Gasteiger charge is -2.30. The molecule has 1 saturated heterocycles. The minimum Gasteiger partial charge on any atom is -0.368 e. The second-order valence-electron chi connectivity index (χ2n) is 11.4. The van der Waals surface area contributed by atoms with Gasteiger partial charge >= 0.3 is 0 Å². The molecule has 0 radical (unpaired) electrons. The first-order chi connectivity index (χ1) is 17.5. The smallest absolute Gasteiger partial charge is 0.165 e. The van der Waals surface area contributed by atoms with Gasteiger partial charge in [0.25, 0.3) is 0 Å². The summed E-state index contributed by atoms with van der Waals surface area (Å²) in [6.45, 7) is 2.66. The lowest BCUT2D eigenvalue weighted by atomic mass is 9.76. The van der Waals surface area contributed by atoms with Crippen molar-refractivity contribution in [3.05, 3.63) is 69.8 Å². The molecule has 3 aliphatic rings. The van der Waals surface area contributed by atoms with Gasteiger partial charge in [-0.25, -0.2) is 17.6 Å². The maximum atomic E-state index is 15.0. The van der Waals surface area contributed by atoms with Gasteiger partial charge in [-0.15, -0.1) is 0 Å². The molecule has 1 atom stereocenters. The fourth-order valence-corrected chi connectivity index (χ4v) is 6.78. The highest BCUT2D eigenvalue weighted by Crippen LogP contribution is 2.42. The molecule has 1 heterocycles. The highest BCUT2D eigenvalue weighted by molar-refractivity contribution is 5.32. The van der Waals surface area contributed by atoms with E-state index >= 15 is 0 Å². The molecule has 0 amide bonds. The van der Waals surface area contributed by atoms with E-state index in [1.54, 1.807) is 18.2 Å². The van der Waals surface area contributed by atoms with E-state index in [0.29, 0.717) is 41.2 Å². The molecule has 1 nitrogen and oxygen atoms in total. The van der Waals surface area contributed by atoms with Crippen LogP contribution in [-0.2, 0) is 11.2 Å². The number of hydrogen-bond acceptors (Lipinski definition) is 1. The maximum Gasteiger partial charge on any atom is 0.165 e. The topological polar surface area (TPSA) is 12.5 Å². The largest absolute Gasteiger partial charge is 0.368 e. The average molecular weight is 503 g/mol. The Kier molecular flexibility index (Phi) is 8.05. The Hall–Kier alpha value is -1.88. The van der Waals surface area contributed by atoms with Crippen molar-refractivity contribution >= 4 is 0 Å². The molecule has 0 N–H and O–H groups in total. The molecule has 5 heteroatoms. The number of benzene rings is 2. The number of aryl methyl sites for hydroxylation is 1. The average Bonchev–Trinajstić information content (AvgIpc) is 3.73. The second kappa shape index (κ2) is 11.2. The summed E-state index contributed by atoms with van der Waals surface area (Å²) in [7, 11) is 0. The van der Waals surface area contributed by atoms with E-state index in [4.69, 9.17) is 4.74 Å². The lowest BCUT2D eigenvalue weighted by molar-refractivity contribution is 0.300. The normalized spacial score (nSPS) is 28.3. The molecule has 2 aromatic rings. The van der Waals surface area contributed by atoms with E-state index in [2.05, 4.69) is 6.92 Å². The van der Waals surface area contributed by atoms with Crippen molar-refractivity contribution in [2.24, 2.45) is 11.8 Å². The quantitative estimate of drug-likeness (QED) is 0.259. The number of rotatable bonds is 8. The number of hydrogen-bond donors (Lipinski definition) is 0. The van der Waals surface area contributed by atoms with Crippen LogP contribution in [-0.4, -0.2) is 6.61 Å². The number of ether oxygens (including phenoxy) is 1. The van der Waals surface area contributed by atoms with Crippen molar-refractivity contribution in [3.8, 4) is 0 Å². The summed E-state index contributed by atoms with van der Waals surface area (Å²) < 4.78 is 64.2. The van der Waals surface area contributed by atoms with Crippen LogP contribution in [0.5, 0.6) is 0 Å². The van der Waals surface area contributed by atoms with Crippen molar-refractivity contribution in [2.75, 3.05) is 6.61 Å². The summed E-state index contributed by atoms with van der Waals surface area (Å²) in [5.41, 5.74) is 1.79. The SMILES string of the molecule is CCCC1CCC(c2ccc(CCC3CCC(c4ccc(C5CO5)c(F)c4F)CC3)c(F)c2F)CC1. The Morgan fingerprint density at radius 2 is 1.11 bits per heavy atom. The predicted octanol–water partition coefficient (Wildman–Crippen LogP) is 9.29. The van der Waals surface area contributed by atoms with Crippen LogP contribution in [0.1, 0.15) is 118 Å². The molecule has 2 saturated carbocycles. The van der Waals surface area contributed by atoms with Crippen molar-refractivity contribution < 1.29 is 22.3 Å². The molecule has 5 rings (SSSR count). The first-order valence-electron chi connectivity index (χ1n) is 14.0. The van der Waals surface area contributed by atoms with Gasteiger partial charge in [0.15, 0.2) is 23.3 Å². The molecule has 1 aliphatic heterocycles. The van der Waals surface area contributed by atoms with Crippen molar-refractivity contribution in [1.29, 1.82) is 0 Å². The standard InChI is InChI=1S/C31H38F4O/c1-2-3-19-4-9-21(10-5-19)24-15-14-23(28(32)29(24)33)13-8-20-6-11-22(12-7-20)25-16-17-26(27-18-36-27)31(35)30(25)34/h14-17,19-22,27H,2-13,18H2,1H3. The van der Waals surface area contributed by atoms with Gasteiger partial charge in [-0.1, -0.05) is 44.0 Å². The molecule has 36 heavy (non-hydrogen) atoms. The molecule has 0 spiro atoms. The lowest BCUT2D eigenvalue weighted by Crippen LogP contribution is -2.16. The summed E-state index contributed by atoms with van der Waals surface area (Å²) >= 11 is 0. The third kappa shape index (κ3) is 5.51. The molecule has 0 aromatic heterocycles. The van der Waals surface area contributed by atoms with Crippen LogP contribution in [0.4, 0.5) is 17.6 Å². The van der Waals surface area contributed by atoms with Gasteiger partial charge in [0.1, 0.15) is 6.10 Å². The fraction of sp³-hybridized carbons (Fsp3) is 0.613. The van der Waals surface area contributed by atoms with Gasteiger partial charge in [-0.3, -0.25) is 0 Å². The van der Waals surface area contributed by atoms with E-state index in [1.807, 2.05) is 6.07 Å². The summed E-state index contributed by atoms with van der Waals surface area (Å²) in [6.07, 6.45) is 10.9. The fourth-order valence-electron chi connectivity index (χ4n) is 6.78. The van der Waals surface area contributed by atoms with E-state index < -0.39 is 23.3 Å².